The van der Waals surface area contributed by atoms with Crippen molar-refractivity contribution in [2.24, 2.45) is 0 Å². The number of rotatable bonds is 1. The number of nitrogens with zero attached hydrogens (tertiary/aromatic N) is 4. The number of fused-ring (bicyclic) bond motifs is 1. The maximum Gasteiger partial charge on any atom is 0.221 e. The minimum absolute atomic E-state index is 0.236. The van der Waals surface area contributed by atoms with Crippen LogP contribution in [0.5, 0.6) is 0 Å². The van der Waals surface area contributed by atoms with Gasteiger partial charge in [-0.2, -0.15) is 4.98 Å². The first-order valence-corrected chi connectivity index (χ1v) is 7.95. The molecule has 3 N–H and O–H groups in total. The fourth-order valence-electron chi connectivity index (χ4n) is 3.04. The highest BCUT2D eigenvalue weighted by Gasteiger charge is 2.28. The Morgan fingerprint density at radius 3 is 2.88 bits per heavy atom. The lowest BCUT2D eigenvalue weighted by molar-refractivity contribution is 0.110. The summed E-state index contributed by atoms with van der Waals surface area (Å²) in [6.45, 7) is 0. The summed E-state index contributed by atoms with van der Waals surface area (Å²) >= 11 is 0. The standard InChI is InChI=1S/C18H17N5O/c19-17-21-12-13-5-10-23(16(13)22-17)15-4-9-20-14(11-15)3-8-18(24)6-1-2-7-18/h4-5,9-12,24H,1-2,6-7H2,(H2,19,21,22). The van der Waals surface area contributed by atoms with Gasteiger partial charge >= 0.3 is 0 Å². The van der Waals surface area contributed by atoms with Gasteiger partial charge in [-0.1, -0.05) is 5.92 Å². The van der Waals surface area contributed by atoms with Gasteiger partial charge in [0, 0.05) is 24.0 Å². The highest BCUT2D eigenvalue weighted by molar-refractivity contribution is 5.78. The minimum Gasteiger partial charge on any atom is -0.378 e. The summed E-state index contributed by atoms with van der Waals surface area (Å²) in [6, 6.07) is 5.69. The highest BCUT2D eigenvalue weighted by Crippen LogP contribution is 2.28. The van der Waals surface area contributed by atoms with Crippen molar-refractivity contribution in [3.63, 3.8) is 0 Å². The van der Waals surface area contributed by atoms with Gasteiger partial charge in [0.05, 0.1) is 5.69 Å². The monoisotopic (exact) mass is 319 g/mol. The smallest absolute Gasteiger partial charge is 0.221 e. The van der Waals surface area contributed by atoms with Crippen LogP contribution >= 0.6 is 0 Å². The molecule has 0 radical (unpaired) electrons. The molecule has 0 spiro atoms. The molecule has 4 rings (SSSR count). The Bertz CT molecular complexity index is 960. The molecule has 0 atom stereocenters. The predicted octanol–water partition coefficient (Wildman–Crippen LogP) is 2.05. The summed E-state index contributed by atoms with van der Waals surface area (Å²) < 4.78 is 1.92. The van der Waals surface area contributed by atoms with Crippen LogP contribution in [0.3, 0.4) is 0 Å². The summed E-state index contributed by atoms with van der Waals surface area (Å²) in [6.07, 6.45) is 8.83. The van der Waals surface area contributed by atoms with Crippen LogP contribution in [0.1, 0.15) is 31.4 Å². The molecule has 3 aromatic rings. The zero-order valence-electron chi connectivity index (χ0n) is 13.1. The van der Waals surface area contributed by atoms with Crippen molar-refractivity contribution < 1.29 is 5.11 Å². The lowest BCUT2D eigenvalue weighted by Gasteiger charge is -2.12. The van der Waals surface area contributed by atoms with Crippen molar-refractivity contribution >= 4 is 17.0 Å². The number of aliphatic hydroxyl groups is 1. The van der Waals surface area contributed by atoms with E-state index in [1.165, 1.54) is 0 Å². The van der Waals surface area contributed by atoms with Gasteiger partial charge in [0.2, 0.25) is 5.95 Å². The van der Waals surface area contributed by atoms with E-state index in [2.05, 4.69) is 26.8 Å². The summed E-state index contributed by atoms with van der Waals surface area (Å²) in [7, 11) is 0. The van der Waals surface area contributed by atoms with Crippen LogP contribution in [-0.4, -0.2) is 30.2 Å². The average molecular weight is 319 g/mol. The van der Waals surface area contributed by atoms with Gasteiger partial charge in [0.25, 0.3) is 0 Å². The molecule has 0 bridgehead atoms. The van der Waals surface area contributed by atoms with Crippen molar-refractivity contribution in [2.45, 2.75) is 31.3 Å². The third-order valence-corrected chi connectivity index (χ3v) is 4.32. The molecule has 1 fully saturated rings. The molecule has 1 aliphatic carbocycles. The molecule has 3 aromatic heterocycles. The summed E-state index contributed by atoms with van der Waals surface area (Å²) in [4.78, 5) is 12.6. The van der Waals surface area contributed by atoms with E-state index in [9.17, 15) is 5.11 Å². The molecule has 6 heteroatoms. The second-order valence-electron chi connectivity index (χ2n) is 6.08. The molecule has 0 saturated heterocycles. The first kappa shape index (κ1) is 14.7. The van der Waals surface area contributed by atoms with E-state index in [4.69, 9.17) is 5.73 Å². The topological polar surface area (TPSA) is 89.8 Å². The normalized spacial score (nSPS) is 16.0. The first-order valence-electron chi connectivity index (χ1n) is 7.95. The van der Waals surface area contributed by atoms with E-state index in [0.717, 1.165) is 42.4 Å². The van der Waals surface area contributed by atoms with Crippen molar-refractivity contribution in [3.05, 3.63) is 42.5 Å². The zero-order chi connectivity index (χ0) is 16.6. The van der Waals surface area contributed by atoms with Gasteiger partial charge in [-0.05, 0) is 49.8 Å². The number of hydrogen-bond donors (Lipinski definition) is 2. The van der Waals surface area contributed by atoms with E-state index >= 15 is 0 Å². The Labute approximate surface area is 139 Å². The number of anilines is 1. The molecule has 0 amide bonds. The molecule has 24 heavy (non-hydrogen) atoms. The lowest BCUT2D eigenvalue weighted by Crippen LogP contribution is -2.20. The summed E-state index contributed by atoms with van der Waals surface area (Å²) in [5.41, 5.74) is 7.08. The largest absolute Gasteiger partial charge is 0.378 e. The average Bonchev–Trinajstić information content (AvgIpc) is 3.20. The molecule has 1 saturated carbocycles. The SMILES string of the molecule is Nc1ncc2ccn(-c3ccnc(C#CC4(O)CCCC4)c3)c2n1. The molecule has 6 nitrogen and oxygen atoms in total. The van der Waals surface area contributed by atoms with Gasteiger partial charge in [0.15, 0.2) is 0 Å². The molecular formula is C18H17N5O. The van der Waals surface area contributed by atoms with Gasteiger partial charge < -0.3 is 15.4 Å². The number of nitrogen functional groups attached to an aromatic ring is 1. The maximum absolute atomic E-state index is 10.3. The molecular weight excluding hydrogens is 302 g/mol. The van der Waals surface area contributed by atoms with Crippen molar-refractivity contribution in [2.75, 3.05) is 5.73 Å². The van der Waals surface area contributed by atoms with E-state index in [-0.39, 0.29) is 5.95 Å². The van der Waals surface area contributed by atoms with Crippen molar-refractivity contribution in [1.82, 2.24) is 19.5 Å². The van der Waals surface area contributed by atoms with Gasteiger partial charge in [-0.25, -0.2) is 9.97 Å². The van der Waals surface area contributed by atoms with Crippen LogP contribution < -0.4 is 5.73 Å². The lowest BCUT2D eigenvalue weighted by atomic mass is 10.0. The van der Waals surface area contributed by atoms with E-state index in [1.54, 1.807) is 12.4 Å². The fraction of sp³-hybridized carbons (Fsp3) is 0.278. The minimum atomic E-state index is -0.862. The van der Waals surface area contributed by atoms with Crippen LogP contribution in [0.25, 0.3) is 16.7 Å². The summed E-state index contributed by atoms with van der Waals surface area (Å²) in [5, 5.41) is 11.3. The Kier molecular flexibility index (Phi) is 3.44. The number of pyridine rings is 1. The Hall–Kier alpha value is -2.91. The van der Waals surface area contributed by atoms with Crippen LogP contribution in [0, 0.1) is 11.8 Å². The molecule has 3 heterocycles. The third kappa shape index (κ3) is 2.70. The van der Waals surface area contributed by atoms with Crippen molar-refractivity contribution in [3.8, 4) is 17.5 Å². The van der Waals surface area contributed by atoms with E-state index in [1.807, 2.05) is 29.0 Å². The number of hydrogen-bond acceptors (Lipinski definition) is 5. The Morgan fingerprint density at radius 2 is 2.04 bits per heavy atom. The first-order chi connectivity index (χ1) is 11.6. The summed E-state index contributed by atoms with van der Waals surface area (Å²) in [5.74, 6) is 6.22. The Morgan fingerprint density at radius 1 is 1.21 bits per heavy atom. The highest BCUT2D eigenvalue weighted by atomic mass is 16.3. The molecule has 1 aliphatic rings. The number of aromatic nitrogens is 4. The predicted molar refractivity (Wildman–Crippen MR) is 91.4 cm³/mol. The van der Waals surface area contributed by atoms with Crippen LogP contribution in [0.15, 0.2) is 36.8 Å². The zero-order valence-corrected chi connectivity index (χ0v) is 13.1. The fourth-order valence-corrected chi connectivity index (χ4v) is 3.04. The molecule has 0 aliphatic heterocycles. The van der Waals surface area contributed by atoms with E-state index < -0.39 is 5.60 Å². The molecule has 0 unspecified atom stereocenters. The quantitative estimate of drug-likeness (QED) is 0.670. The second-order valence-corrected chi connectivity index (χ2v) is 6.08. The van der Waals surface area contributed by atoms with Gasteiger partial charge in [0.1, 0.15) is 16.9 Å². The maximum atomic E-state index is 10.3. The second kappa shape index (κ2) is 5.62. The number of nitrogens with two attached hydrogens (primary N) is 1. The van der Waals surface area contributed by atoms with Crippen LogP contribution in [-0.2, 0) is 0 Å². The Balaban J connectivity index is 1.72. The van der Waals surface area contributed by atoms with Gasteiger partial charge in [-0.15, -0.1) is 0 Å². The van der Waals surface area contributed by atoms with Gasteiger partial charge in [-0.3, -0.25) is 0 Å². The van der Waals surface area contributed by atoms with Crippen LogP contribution in [0.4, 0.5) is 5.95 Å². The van der Waals surface area contributed by atoms with E-state index in [0.29, 0.717) is 5.69 Å². The van der Waals surface area contributed by atoms with Crippen molar-refractivity contribution in [1.29, 1.82) is 0 Å². The molecule has 120 valence electrons. The van der Waals surface area contributed by atoms with Crippen LogP contribution in [0.2, 0.25) is 0 Å². The third-order valence-electron chi connectivity index (χ3n) is 4.32. The molecule has 0 aromatic carbocycles.